The Morgan fingerprint density at radius 1 is 1.55 bits per heavy atom. The highest BCUT2D eigenvalue weighted by molar-refractivity contribution is 6.20. The van der Waals surface area contributed by atoms with Crippen molar-refractivity contribution in [2.24, 2.45) is 17.6 Å². The van der Waals surface area contributed by atoms with Gasteiger partial charge in [0, 0.05) is 11.3 Å². The first-order valence-corrected chi connectivity index (χ1v) is 4.48. The molecular weight excluding hydrogens is 162 g/mol. The highest BCUT2D eigenvalue weighted by atomic mass is 35.5. The van der Waals surface area contributed by atoms with Gasteiger partial charge in [0.25, 0.3) is 0 Å². The SMILES string of the molecule is CC1CC(Cl)CCC1C(N)=O. The lowest BCUT2D eigenvalue weighted by atomic mass is 9.80. The number of carbonyl (C=O) groups is 1. The van der Waals surface area contributed by atoms with Crippen LogP contribution in [0.15, 0.2) is 0 Å². The molecule has 1 aliphatic carbocycles. The third kappa shape index (κ3) is 2.09. The number of rotatable bonds is 1. The Labute approximate surface area is 72.1 Å². The Bertz CT molecular complexity index is 160. The normalized spacial score (nSPS) is 38.5. The number of nitrogens with two attached hydrogens (primary N) is 1. The summed E-state index contributed by atoms with van der Waals surface area (Å²) in [7, 11) is 0. The molecule has 1 saturated carbocycles. The molecule has 1 aliphatic rings. The minimum Gasteiger partial charge on any atom is -0.369 e. The van der Waals surface area contributed by atoms with Crippen molar-refractivity contribution in [2.75, 3.05) is 0 Å². The minimum atomic E-state index is -0.166. The van der Waals surface area contributed by atoms with Crippen LogP contribution in [0.1, 0.15) is 26.2 Å². The summed E-state index contributed by atoms with van der Waals surface area (Å²) in [5.74, 6) is 0.259. The van der Waals surface area contributed by atoms with E-state index in [4.69, 9.17) is 17.3 Å². The number of amides is 1. The van der Waals surface area contributed by atoms with Crippen molar-refractivity contribution in [2.45, 2.75) is 31.6 Å². The van der Waals surface area contributed by atoms with E-state index in [9.17, 15) is 4.79 Å². The molecule has 0 radical (unpaired) electrons. The van der Waals surface area contributed by atoms with Gasteiger partial charge in [-0.15, -0.1) is 11.6 Å². The van der Waals surface area contributed by atoms with Gasteiger partial charge >= 0.3 is 0 Å². The molecule has 11 heavy (non-hydrogen) atoms. The zero-order valence-corrected chi connectivity index (χ0v) is 7.47. The van der Waals surface area contributed by atoms with E-state index in [-0.39, 0.29) is 17.2 Å². The van der Waals surface area contributed by atoms with Gasteiger partial charge in [0.1, 0.15) is 0 Å². The van der Waals surface area contributed by atoms with Crippen molar-refractivity contribution in [3.63, 3.8) is 0 Å². The average molecular weight is 176 g/mol. The van der Waals surface area contributed by atoms with Crippen LogP contribution in [0.2, 0.25) is 0 Å². The molecule has 0 bridgehead atoms. The summed E-state index contributed by atoms with van der Waals surface area (Å²) in [6.07, 6.45) is 2.72. The van der Waals surface area contributed by atoms with Crippen molar-refractivity contribution in [3.8, 4) is 0 Å². The molecule has 0 saturated heterocycles. The molecule has 1 rings (SSSR count). The van der Waals surface area contributed by atoms with Gasteiger partial charge in [0.2, 0.25) is 5.91 Å². The van der Waals surface area contributed by atoms with Gasteiger partial charge in [-0.1, -0.05) is 6.92 Å². The Kier molecular flexibility index (Phi) is 2.77. The molecule has 0 aromatic rings. The van der Waals surface area contributed by atoms with Crippen LogP contribution in [0.25, 0.3) is 0 Å². The van der Waals surface area contributed by atoms with E-state index in [0.29, 0.717) is 5.92 Å². The van der Waals surface area contributed by atoms with Gasteiger partial charge in [0.15, 0.2) is 0 Å². The largest absolute Gasteiger partial charge is 0.369 e. The van der Waals surface area contributed by atoms with Crippen molar-refractivity contribution in [1.82, 2.24) is 0 Å². The second kappa shape index (κ2) is 3.44. The van der Waals surface area contributed by atoms with Crippen molar-refractivity contribution >= 4 is 17.5 Å². The molecule has 64 valence electrons. The predicted octanol–water partition coefficient (Wildman–Crippen LogP) is 1.52. The fourth-order valence-corrected chi connectivity index (χ4v) is 2.16. The molecule has 0 spiro atoms. The van der Waals surface area contributed by atoms with Gasteiger partial charge < -0.3 is 5.73 Å². The van der Waals surface area contributed by atoms with E-state index in [2.05, 4.69) is 0 Å². The third-order valence-electron chi connectivity index (χ3n) is 2.47. The molecule has 2 nitrogen and oxygen atoms in total. The van der Waals surface area contributed by atoms with Gasteiger partial charge in [-0.3, -0.25) is 4.79 Å². The van der Waals surface area contributed by atoms with Crippen LogP contribution in [0, 0.1) is 11.8 Å². The van der Waals surface area contributed by atoms with E-state index >= 15 is 0 Å². The van der Waals surface area contributed by atoms with E-state index in [1.165, 1.54) is 0 Å². The number of hydrogen-bond donors (Lipinski definition) is 1. The average Bonchev–Trinajstić information content (AvgIpc) is 1.85. The molecule has 3 atom stereocenters. The molecular formula is C8H14ClNO. The second-order valence-electron chi connectivity index (χ2n) is 3.40. The van der Waals surface area contributed by atoms with E-state index in [1.54, 1.807) is 0 Å². The number of hydrogen-bond acceptors (Lipinski definition) is 1. The predicted molar refractivity (Wildman–Crippen MR) is 45.3 cm³/mol. The van der Waals surface area contributed by atoms with E-state index < -0.39 is 0 Å². The van der Waals surface area contributed by atoms with Gasteiger partial charge in [0.05, 0.1) is 0 Å². The summed E-state index contributed by atoms with van der Waals surface area (Å²) < 4.78 is 0. The molecule has 2 N–H and O–H groups in total. The molecule has 1 fully saturated rings. The van der Waals surface area contributed by atoms with Gasteiger partial charge in [-0.2, -0.15) is 0 Å². The highest BCUT2D eigenvalue weighted by Crippen LogP contribution is 2.32. The number of alkyl halides is 1. The highest BCUT2D eigenvalue weighted by Gasteiger charge is 2.29. The first kappa shape index (κ1) is 8.85. The van der Waals surface area contributed by atoms with Crippen LogP contribution < -0.4 is 5.73 Å². The topological polar surface area (TPSA) is 43.1 Å². The summed E-state index contributed by atoms with van der Waals surface area (Å²) in [6.45, 7) is 2.05. The Balaban J connectivity index is 2.50. The van der Waals surface area contributed by atoms with Crippen molar-refractivity contribution in [1.29, 1.82) is 0 Å². The molecule has 1 amide bonds. The van der Waals surface area contributed by atoms with E-state index in [0.717, 1.165) is 19.3 Å². The maximum atomic E-state index is 10.9. The van der Waals surface area contributed by atoms with Crippen LogP contribution >= 0.6 is 11.6 Å². The van der Waals surface area contributed by atoms with Gasteiger partial charge in [-0.25, -0.2) is 0 Å². The lowest BCUT2D eigenvalue weighted by Crippen LogP contribution is -2.33. The maximum absolute atomic E-state index is 10.9. The number of primary amides is 1. The number of carbonyl (C=O) groups excluding carboxylic acids is 1. The molecule has 3 unspecified atom stereocenters. The van der Waals surface area contributed by atoms with Crippen molar-refractivity contribution in [3.05, 3.63) is 0 Å². The van der Waals surface area contributed by atoms with Crippen molar-refractivity contribution < 1.29 is 4.79 Å². The first-order chi connectivity index (χ1) is 5.11. The fraction of sp³-hybridized carbons (Fsp3) is 0.875. The summed E-state index contributed by atoms with van der Waals surface area (Å²) in [5.41, 5.74) is 5.22. The van der Waals surface area contributed by atoms with Gasteiger partial charge in [-0.05, 0) is 25.2 Å². The summed E-state index contributed by atoms with van der Waals surface area (Å²) in [4.78, 5) is 10.9. The van der Waals surface area contributed by atoms with E-state index in [1.807, 2.05) is 6.92 Å². The van der Waals surface area contributed by atoms with Crippen LogP contribution in [-0.2, 0) is 4.79 Å². The third-order valence-corrected chi connectivity index (χ3v) is 2.87. The quantitative estimate of drug-likeness (QED) is 0.604. The molecule has 0 heterocycles. The maximum Gasteiger partial charge on any atom is 0.220 e. The molecule has 0 aromatic carbocycles. The van der Waals surface area contributed by atoms with Crippen LogP contribution in [0.4, 0.5) is 0 Å². The van der Waals surface area contributed by atoms with Crippen LogP contribution in [0.5, 0.6) is 0 Å². The Hall–Kier alpha value is -0.240. The van der Waals surface area contributed by atoms with Crippen LogP contribution in [0.3, 0.4) is 0 Å². The standard InChI is InChI=1S/C8H14ClNO/c1-5-4-6(9)2-3-7(5)8(10)11/h5-7H,2-4H2,1H3,(H2,10,11). The fourth-order valence-electron chi connectivity index (χ4n) is 1.75. The first-order valence-electron chi connectivity index (χ1n) is 4.04. The zero-order valence-electron chi connectivity index (χ0n) is 6.72. The lowest BCUT2D eigenvalue weighted by Gasteiger charge is -2.28. The zero-order chi connectivity index (χ0) is 8.43. The minimum absolute atomic E-state index is 0.0602. The second-order valence-corrected chi connectivity index (χ2v) is 4.01. The monoisotopic (exact) mass is 175 g/mol. The lowest BCUT2D eigenvalue weighted by molar-refractivity contribution is -0.124. The summed E-state index contributed by atoms with van der Waals surface area (Å²) >= 11 is 5.93. The Morgan fingerprint density at radius 2 is 2.18 bits per heavy atom. The molecule has 0 aliphatic heterocycles. The smallest absolute Gasteiger partial charge is 0.220 e. The summed E-state index contributed by atoms with van der Waals surface area (Å²) in [5, 5.41) is 0.251. The van der Waals surface area contributed by atoms with Crippen LogP contribution in [-0.4, -0.2) is 11.3 Å². The molecule has 3 heteroatoms. The number of halogens is 1. The molecule has 0 aromatic heterocycles. The summed E-state index contributed by atoms with van der Waals surface area (Å²) in [6, 6.07) is 0. The Morgan fingerprint density at radius 3 is 2.64 bits per heavy atom.